The van der Waals surface area contributed by atoms with E-state index in [1.165, 1.54) is 19.1 Å². The summed E-state index contributed by atoms with van der Waals surface area (Å²) in [6.07, 6.45) is -0.976. The molecule has 1 amide bonds. The molecule has 0 aliphatic carbocycles. The van der Waals surface area contributed by atoms with E-state index in [1.807, 2.05) is 37.3 Å². The van der Waals surface area contributed by atoms with Crippen LogP contribution in [0.15, 0.2) is 53.0 Å². The van der Waals surface area contributed by atoms with Gasteiger partial charge in [0.1, 0.15) is 11.3 Å². The highest BCUT2D eigenvalue weighted by atomic mass is 79.9. The minimum Gasteiger partial charge on any atom is -0.507 e. The molecule has 6 heteroatoms. The Hall–Kier alpha value is -2.34. The third kappa shape index (κ3) is 4.14. The van der Waals surface area contributed by atoms with Gasteiger partial charge in [0.05, 0.1) is 0 Å². The van der Waals surface area contributed by atoms with Gasteiger partial charge in [-0.25, -0.2) is 4.79 Å². The number of amides is 1. The van der Waals surface area contributed by atoms with Gasteiger partial charge < -0.3 is 14.7 Å². The molecule has 0 saturated carbocycles. The van der Waals surface area contributed by atoms with Crippen molar-refractivity contribution in [2.24, 2.45) is 0 Å². The van der Waals surface area contributed by atoms with Gasteiger partial charge in [-0.1, -0.05) is 34.1 Å². The average molecular weight is 392 g/mol. The first-order valence-corrected chi connectivity index (χ1v) is 8.29. The molecule has 1 atom stereocenters. The van der Waals surface area contributed by atoms with Crippen molar-refractivity contribution >= 4 is 33.5 Å². The Bertz CT molecular complexity index is 733. The summed E-state index contributed by atoms with van der Waals surface area (Å²) >= 11 is 3.23. The number of ether oxygens (including phenoxy) is 1. The second-order valence-corrected chi connectivity index (χ2v) is 6.04. The van der Waals surface area contributed by atoms with Crippen molar-refractivity contribution in [2.75, 3.05) is 11.4 Å². The number of para-hydroxylation sites is 1. The molecule has 1 N–H and O–H groups in total. The van der Waals surface area contributed by atoms with Gasteiger partial charge >= 0.3 is 5.97 Å². The second kappa shape index (κ2) is 7.97. The van der Waals surface area contributed by atoms with E-state index in [-0.39, 0.29) is 17.2 Å². The summed E-state index contributed by atoms with van der Waals surface area (Å²) in [6.45, 7) is 3.81. The Morgan fingerprint density at radius 1 is 1.21 bits per heavy atom. The number of carbonyl (C=O) groups excluding carboxylic acids is 2. The van der Waals surface area contributed by atoms with Crippen LogP contribution < -0.4 is 4.90 Å². The van der Waals surface area contributed by atoms with Gasteiger partial charge in [-0.3, -0.25) is 4.79 Å². The predicted octanol–water partition coefficient (Wildman–Crippen LogP) is 3.75. The zero-order valence-electron chi connectivity index (χ0n) is 13.4. The molecule has 2 rings (SSSR count). The van der Waals surface area contributed by atoms with Gasteiger partial charge in [0.25, 0.3) is 5.91 Å². The van der Waals surface area contributed by atoms with Crippen molar-refractivity contribution in [1.82, 2.24) is 0 Å². The number of phenols is 1. The zero-order chi connectivity index (χ0) is 17.7. The first-order valence-electron chi connectivity index (χ1n) is 7.50. The van der Waals surface area contributed by atoms with E-state index in [1.54, 1.807) is 11.0 Å². The first kappa shape index (κ1) is 18.0. The summed E-state index contributed by atoms with van der Waals surface area (Å²) in [5.41, 5.74) is 0.741. The topological polar surface area (TPSA) is 66.8 Å². The quantitative estimate of drug-likeness (QED) is 0.788. The van der Waals surface area contributed by atoms with E-state index in [9.17, 15) is 14.7 Å². The molecular formula is C18H18BrNO4. The maximum atomic E-state index is 12.6. The smallest absolute Gasteiger partial charge is 0.342 e. The largest absolute Gasteiger partial charge is 0.507 e. The molecule has 0 aliphatic rings. The Labute approximate surface area is 149 Å². The number of hydrogen-bond acceptors (Lipinski definition) is 4. The molecule has 126 valence electrons. The maximum Gasteiger partial charge on any atom is 0.342 e. The Morgan fingerprint density at radius 3 is 2.50 bits per heavy atom. The third-order valence-corrected chi connectivity index (χ3v) is 3.95. The third-order valence-electron chi connectivity index (χ3n) is 3.46. The average Bonchev–Trinajstić information content (AvgIpc) is 2.58. The molecule has 2 aromatic carbocycles. The Kier molecular flexibility index (Phi) is 5.98. The number of hydrogen-bond donors (Lipinski definition) is 1. The van der Waals surface area contributed by atoms with E-state index in [0.717, 1.165) is 5.69 Å². The molecule has 0 heterocycles. The van der Waals surface area contributed by atoms with Crippen LogP contribution in [0.1, 0.15) is 24.2 Å². The number of aromatic hydroxyl groups is 1. The molecule has 0 bridgehead atoms. The van der Waals surface area contributed by atoms with Crippen LogP contribution in [-0.4, -0.2) is 29.6 Å². The van der Waals surface area contributed by atoms with Gasteiger partial charge in [0.2, 0.25) is 0 Å². The van der Waals surface area contributed by atoms with Crippen LogP contribution in [0.25, 0.3) is 0 Å². The molecule has 0 saturated heterocycles. The van der Waals surface area contributed by atoms with Crippen molar-refractivity contribution in [3.8, 4) is 5.75 Å². The summed E-state index contributed by atoms with van der Waals surface area (Å²) in [7, 11) is 0. The van der Waals surface area contributed by atoms with E-state index < -0.39 is 12.1 Å². The van der Waals surface area contributed by atoms with Crippen LogP contribution in [-0.2, 0) is 9.53 Å². The van der Waals surface area contributed by atoms with Crippen molar-refractivity contribution in [1.29, 1.82) is 0 Å². The highest BCUT2D eigenvalue weighted by molar-refractivity contribution is 9.10. The number of nitrogens with zero attached hydrogens (tertiary/aromatic N) is 1. The van der Waals surface area contributed by atoms with Gasteiger partial charge in [-0.15, -0.1) is 0 Å². The number of carbonyl (C=O) groups is 2. The van der Waals surface area contributed by atoms with Crippen LogP contribution >= 0.6 is 15.9 Å². The zero-order valence-corrected chi connectivity index (χ0v) is 15.0. The van der Waals surface area contributed by atoms with Crippen LogP contribution in [0.5, 0.6) is 5.75 Å². The summed E-state index contributed by atoms with van der Waals surface area (Å²) < 4.78 is 5.86. The lowest BCUT2D eigenvalue weighted by atomic mass is 10.2. The summed E-state index contributed by atoms with van der Waals surface area (Å²) in [5, 5.41) is 9.77. The fraction of sp³-hybridized carbons (Fsp3) is 0.222. The van der Waals surface area contributed by atoms with E-state index in [0.29, 0.717) is 11.0 Å². The van der Waals surface area contributed by atoms with Crippen LogP contribution in [0.3, 0.4) is 0 Å². The van der Waals surface area contributed by atoms with Gasteiger partial charge in [0, 0.05) is 16.7 Å². The number of esters is 1. The Balaban J connectivity index is 2.13. The normalized spacial score (nSPS) is 11.6. The lowest BCUT2D eigenvalue weighted by Gasteiger charge is -2.24. The van der Waals surface area contributed by atoms with Gasteiger partial charge in [0.15, 0.2) is 6.10 Å². The highest BCUT2D eigenvalue weighted by Gasteiger charge is 2.25. The number of anilines is 1. The van der Waals surface area contributed by atoms with Gasteiger partial charge in [-0.05, 0) is 44.2 Å². The molecule has 5 nitrogen and oxygen atoms in total. The molecule has 24 heavy (non-hydrogen) atoms. The highest BCUT2D eigenvalue weighted by Crippen LogP contribution is 2.23. The SMILES string of the molecule is CCN(C(=O)[C@H](C)OC(=O)c1cc(Br)ccc1O)c1ccccc1. The molecule has 0 aromatic heterocycles. The lowest BCUT2D eigenvalue weighted by Crippen LogP contribution is -2.40. The van der Waals surface area contributed by atoms with Crippen molar-refractivity contribution in [2.45, 2.75) is 20.0 Å². The summed E-state index contributed by atoms with van der Waals surface area (Å²) in [6, 6.07) is 13.6. The molecule has 2 aromatic rings. The number of benzene rings is 2. The first-order chi connectivity index (χ1) is 11.4. The second-order valence-electron chi connectivity index (χ2n) is 5.13. The van der Waals surface area contributed by atoms with E-state index in [2.05, 4.69) is 15.9 Å². The van der Waals surface area contributed by atoms with Crippen LogP contribution in [0, 0.1) is 0 Å². The van der Waals surface area contributed by atoms with E-state index >= 15 is 0 Å². The minimum absolute atomic E-state index is 0.00628. The fourth-order valence-corrected chi connectivity index (χ4v) is 2.60. The summed E-state index contributed by atoms with van der Waals surface area (Å²) in [4.78, 5) is 26.3. The number of phenolic OH excluding ortho intramolecular Hbond substituents is 1. The number of halogens is 1. The molecule has 0 aliphatic heterocycles. The van der Waals surface area contributed by atoms with Crippen molar-refractivity contribution in [3.05, 3.63) is 58.6 Å². The molecular weight excluding hydrogens is 374 g/mol. The maximum absolute atomic E-state index is 12.6. The fourth-order valence-electron chi connectivity index (χ4n) is 2.24. The van der Waals surface area contributed by atoms with Crippen LogP contribution in [0.4, 0.5) is 5.69 Å². The summed E-state index contributed by atoms with van der Waals surface area (Å²) in [5.74, 6) is -1.27. The lowest BCUT2D eigenvalue weighted by molar-refractivity contribution is -0.126. The minimum atomic E-state index is -0.976. The predicted molar refractivity (Wildman–Crippen MR) is 95.2 cm³/mol. The molecule has 0 fully saturated rings. The van der Waals surface area contributed by atoms with Gasteiger partial charge in [-0.2, -0.15) is 0 Å². The van der Waals surface area contributed by atoms with Crippen LogP contribution in [0.2, 0.25) is 0 Å². The number of likely N-dealkylation sites (N-methyl/N-ethyl adjacent to an activating group) is 1. The van der Waals surface area contributed by atoms with Crippen molar-refractivity contribution in [3.63, 3.8) is 0 Å². The monoisotopic (exact) mass is 391 g/mol. The van der Waals surface area contributed by atoms with E-state index in [4.69, 9.17) is 4.74 Å². The molecule has 0 unspecified atom stereocenters. The molecule has 0 spiro atoms. The molecule has 0 radical (unpaired) electrons. The number of rotatable bonds is 5. The Morgan fingerprint density at radius 2 is 1.88 bits per heavy atom. The van der Waals surface area contributed by atoms with Crippen molar-refractivity contribution < 1.29 is 19.4 Å². The standard InChI is InChI=1S/C18H18BrNO4/c1-3-20(14-7-5-4-6-8-14)17(22)12(2)24-18(23)15-11-13(19)9-10-16(15)21/h4-12,21H,3H2,1-2H3/t12-/m0/s1.